The average Bonchev–Trinajstić information content (AvgIpc) is 3.11. The van der Waals surface area contributed by atoms with Crippen LogP contribution in [0.15, 0.2) is 98.1 Å². The van der Waals surface area contributed by atoms with Crippen molar-refractivity contribution < 1.29 is 4.57 Å². The van der Waals surface area contributed by atoms with Gasteiger partial charge in [-0.3, -0.25) is 4.57 Å². The topological polar surface area (TPSA) is 23.6 Å². The van der Waals surface area contributed by atoms with Crippen LogP contribution in [0.2, 0.25) is 0 Å². The molecule has 0 aromatic heterocycles. The first kappa shape index (κ1) is 21.1. The van der Waals surface area contributed by atoms with Gasteiger partial charge in [0.25, 0.3) is 0 Å². The third kappa shape index (κ3) is 3.56. The molecule has 7 atom stereocenters. The zero-order chi connectivity index (χ0) is 21.3. The first-order valence-electron chi connectivity index (χ1n) is 10.7. The van der Waals surface area contributed by atoms with Gasteiger partial charge in [-0.05, 0) is 25.0 Å². The van der Waals surface area contributed by atoms with Gasteiger partial charge in [0.15, 0.2) is 0 Å². The Morgan fingerprint density at radius 1 is 0.767 bits per heavy atom. The lowest BCUT2D eigenvalue weighted by Gasteiger charge is -2.40. The fourth-order valence-corrected chi connectivity index (χ4v) is 7.48. The third-order valence-corrected chi connectivity index (χ3v) is 8.98. The molecule has 30 heavy (non-hydrogen) atoms. The molecule has 0 N–H and O–H groups in total. The van der Waals surface area contributed by atoms with Crippen LogP contribution in [0, 0.1) is 11.8 Å². The number of hydrogen-bond acceptors (Lipinski definition) is 1. The maximum absolute atomic E-state index is 14.2. The summed E-state index contributed by atoms with van der Waals surface area (Å²) < 4.78 is 18.7. The highest BCUT2D eigenvalue weighted by Crippen LogP contribution is 2.58. The molecular weight excluding hydrogens is 387 g/mol. The number of benzene rings is 2. The summed E-state index contributed by atoms with van der Waals surface area (Å²) in [6, 6.07) is 21.1. The Bertz CT molecular complexity index is 867. The molecule has 4 heteroatoms. The first-order chi connectivity index (χ1) is 14.6. The molecule has 0 saturated carbocycles. The van der Waals surface area contributed by atoms with Crippen LogP contribution in [0.1, 0.15) is 37.1 Å². The maximum Gasteiger partial charge on any atom is 0.206 e. The molecule has 1 saturated heterocycles. The normalized spacial score (nSPS) is 31.1. The van der Waals surface area contributed by atoms with Crippen LogP contribution in [-0.4, -0.2) is 21.4 Å². The molecule has 0 amide bonds. The zero-order valence-electron chi connectivity index (χ0n) is 17.8. The SMILES string of the molecule is C=C[C@@H]1C=C[C@H](C=C)[C@@H]2[C@@H]1N([C@@H](C)c1ccccc1)[PH](=O)N2[C@@H](C)c1ccccc1. The van der Waals surface area contributed by atoms with Crippen molar-refractivity contribution in [2.45, 2.75) is 38.0 Å². The van der Waals surface area contributed by atoms with E-state index in [1.54, 1.807) is 0 Å². The van der Waals surface area contributed by atoms with Crippen molar-refractivity contribution in [2.24, 2.45) is 11.8 Å². The Morgan fingerprint density at radius 3 is 1.47 bits per heavy atom. The monoisotopic (exact) mass is 418 g/mol. The molecule has 3 nitrogen and oxygen atoms in total. The number of rotatable bonds is 6. The summed E-state index contributed by atoms with van der Waals surface area (Å²) >= 11 is 0. The summed E-state index contributed by atoms with van der Waals surface area (Å²) in [5, 5.41) is 0. The Hall–Kier alpha value is -2.19. The molecule has 1 fully saturated rings. The van der Waals surface area contributed by atoms with Gasteiger partial charge in [0.2, 0.25) is 8.10 Å². The summed E-state index contributed by atoms with van der Waals surface area (Å²) in [5.74, 6) is 0.304. The predicted molar refractivity (Wildman–Crippen MR) is 126 cm³/mol. The second-order valence-corrected chi connectivity index (χ2v) is 9.86. The van der Waals surface area contributed by atoms with Crippen LogP contribution in [0.25, 0.3) is 0 Å². The minimum atomic E-state index is -2.21. The van der Waals surface area contributed by atoms with Crippen LogP contribution in [-0.2, 0) is 4.57 Å². The van der Waals surface area contributed by atoms with Crippen molar-refractivity contribution in [2.75, 3.05) is 0 Å². The molecule has 4 rings (SSSR count). The summed E-state index contributed by atoms with van der Waals surface area (Å²) in [6.45, 7) is 12.6. The fourth-order valence-electron chi connectivity index (χ4n) is 5.10. The second-order valence-electron chi connectivity index (χ2n) is 8.26. The van der Waals surface area contributed by atoms with Gasteiger partial charge in [-0.15, -0.1) is 13.2 Å². The Kier molecular flexibility index (Phi) is 6.24. The largest absolute Gasteiger partial charge is 0.292 e. The number of nitrogens with zero attached hydrogens (tertiary/aromatic N) is 2. The van der Waals surface area contributed by atoms with E-state index in [1.165, 1.54) is 11.1 Å². The molecule has 0 radical (unpaired) electrons. The van der Waals surface area contributed by atoms with E-state index < -0.39 is 8.10 Å². The Labute approximate surface area is 181 Å². The molecule has 2 aromatic carbocycles. The highest BCUT2D eigenvalue weighted by molar-refractivity contribution is 7.39. The first-order valence-corrected chi connectivity index (χ1v) is 12.0. The lowest BCUT2D eigenvalue weighted by molar-refractivity contribution is 0.164. The van der Waals surface area contributed by atoms with Crippen LogP contribution in [0.4, 0.5) is 0 Å². The van der Waals surface area contributed by atoms with E-state index in [4.69, 9.17) is 0 Å². The highest BCUT2D eigenvalue weighted by atomic mass is 31.1. The van der Waals surface area contributed by atoms with Gasteiger partial charge < -0.3 is 0 Å². The molecule has 2 aromatic rings. The standard InChI is InChI=1S/C26H31N2OP/c1-5-21-17-18-22(6-2)26-25(21)27(19(3)23-13-9-7-10-14-23)30(29)28(26)20(4)24-15-11-8-12-16-24/h5-22,25-26,30H,1-2H2,3-4H3/t19-,20-,21-,22+,25+,26+/m0/s1. The second kappa shape index (κ2) is 8.89. The van der Waals surface area contributed by atoms with Crippen LogP contribution < -0.4 is 0 Å². The van der Waals surface area contributed by atoms with Gasteiger partial charge in [0, 0.05) is 36.0 Å². The minimum Gasteiger partial charge on any atom is -0.292 e. The van der Waals surface area contributed by atoms with Gasteiger partial charge in [0.05, 0.1) is 0 Å². The van der Waals surface area contributed by atoms with Crippen molar-refractivity contribution >= 4 is 8.10 Å². The molecule has 1 aliphatic heterocycles. The Morgan fingerprint density at radius 2 is 1.13 bits per heavy atom. The summed E-state index contributed by atoms with van der Waals surface area (Å²) in [5.41, 5.74) is 2.38. The maximum atomic E-state index is 14.2. The molecule has 1 aliphatic carbocycles. The molecular formula is C26H31N2OP. The van der Waals surface area contributed by atoms with Gasteiger partial charge in [-0.1, -0.05) is 85.0 Å². The van der Waals surface area contributed by atoms with E-state index in [9.17, 15) is 4.57 Å². The number of hydrogen-bond donors (Lipinski definition) is 0. The van der Waals surface area contributed by atoms with E-state index in [0.717, 1.165) is 0 Å². The van der Waals surface area contributed by atoms with Gasteiger partial charge in [0.1, 0.15) is 0 Å². The van der Waals surface area contributed by atoms with Crippen LogP contribution in [0.3, 0.4) is 0 Å². The molecule has 1 heterocycles. The summed E-state index contributed by atoms with van der Waals surface area (Å²) in [7, 11) is -2.21. The lowest BCUT2D eigenvalue weighted by Crippen LogP contribution is -2.48. The van der Waals surface area contributed by atoms with Crippen molar-refractivity contribution in [3.8, 4) is 0 Å². The van der Waals surface area contributed by atoms with E-state index in [0.29, 0.717) is 0 Å². The van der Waals surface area contributed by atoms with E-state index >= 15 is 0 Å². The van der Waals surface area contributed by atoms with Crippen molar-refractivity contribution in [3.63, 3.8) is 0 Å². The van der Waals surface area contributed by atoms with Crippen LogP contribution >= 0.6 is 8.10 Å². The minimum absolute atomic E-state index is 0.0532. The van der Waals surface area contributed by atoms with E-state index in [1.807, 2.05) is 24.3 Å². The van der Waals surface area contributed by atoms with Gasteiger partial charge in [-0.2, -0.15) is 0 Å². The summed E-state index contributed by atoms with van der Waals surface area (Å²) in [6.07, 6.45) is 8.45. The van der Waals surface area contributed by atoms with Crippen molar-refractivity contribution in [3.05, 3.63) is 109 Å². The molecule has 156 valence electrons. The molecule has 0 spiro atoms. The smallest absolute Gasteiger partial charge is 0.206 e. The quantitative estimate of drug-likeness (QED) is 0.399. The van der Waals surface area contributed by atoms with E-state index in [-0.39, 0.29) is 36.0 Å². The van der Waals surface area contributed by atoms with Gasteiger partial charge >= 0.3 is 0 Å². The predicted octanol–water partition coefficient (Wildman–Crippen LogP) is 6.43. The zero-order valence-corrected chi connectivity index (χ0v) is 18.8. The molecule has 0 bridgehead atoms. The number of fused-ring (bicyclic) bond motifs is 1. The fraction of sp³-hybridized carbons (Fsp3) is 0.308. The highest BCUT2D eigenvalue weighted by Gasteiger charge is 2.54. The van der Waals surface area contributed by atoms with E-state index in [2.05, 4.69) is 97.0 Å². The van der Waals surface area contributed by atoms with Gasteiger partial charge in [-0.25, -0.2) is 9.34 Å². The molecule has 1 unspecified atom stereocenters. The van der Waals surface area contributed by atoms with Crippen molar-refractivity contribution in [1.29, 1.82) is 0 Å². The van der Waals surface area contributed by atoms with Crippen molar-refractivity contribution in [1.82, 2.24) is 9.34 Å². The van der Waals surface area contributed by atoms with Crippen LogP contribution in [0.5, 0.6) is 0 Å². The lowest BCUT2D eigenvalue weighted by atomic mass is 9.78. The average molecular weight is 419 g/mol. The third-order valence-electron chi connectivity index (χ3n) is 6.72. The summed E-state index contributed by atoms with van der Waals surface area (Å²) in [4.78, 5) is 0. The molecule has 2 aliphatic rings. The Balaban J connectivity index is 1.81.